The van der Waals surface area contributed by atoms with E-state index in [0.717, 1.165) is 18.4 Å². The lowest BCUT2D eigenvalue weighted by atomic mass is 10.1. The van der Waals surface area contributed by atoms with E-state index < -0.39 is 10.0 Å². The van der Waals surface area contributed by atoms with E-state index in [1.54, 1.807) is 15.8 Å². The highest BCUT2D eigenvalue weighted by atomic mass is 79.9. The van der Waals surface area contributed by atoms with Gasteiger partial charge in [-0.2, -0.15) is 4.31 Å². The largest absolute Gasteiger partial charge is 0.254 e. The zero-order chi connectivity index (χ0) is 15.0. The summed E-state index contributed by atoms with van der Waals surface area (Å²) in [5.74, 6) is 0. The molecule has 0 bridgehead atoms. The van der Waals surface area contributed by atoms with Crippen LogP contribution in [0, 0.1) is 6.92 Å². The molecule has 0 aliphatic heterocycles. The molecule has 0 unspecified atom stereocenters. The Kier molecular flexibility index (Phi) is 4.23. The Balaban J connectivity index is 1.91. The monoisotopic (exact) mass is 385 g/mol. The predicted molar refractivity (Wildman–Crippen MR) is 88.9 cm³/mol. The van der Waals surface area contributed by atoms with Gasteiger partial charge in [-0.1, -0.05) is 29.8 Å². The van der Waals surface area contributed by atoms with Crippen LogP contribution in [0.25, 0.3) is 0 Å². The Labute approximate surface area is 137 Å². The second kappa shape index (κ2) is 5.83. The van der Waals surface area contributed by atoms with Crippen molar-refractivity contribution in [3.05, 3.63) is 51.3 Å². The molecule has 0 atom stereocenters. The summed E-state index contributed by atoms with van der Waals surface area (Å²) in [5.41, 5.74) is 2.21. The Bertz CT molecular complexity index is 733. The van der Waals surface area contributed by atoms with Crippen LogP contribution in [0.2, 0.25) is 0 Å². The highest BCUT2D eigenvalue weighted by molar-refractivity contribution is 9.10. The number of hydrogen-bond acceptors (Lipinski definition) is 3. The number of thiophene rings is 1. The van der Waals surface area contributed by atoms with Gasteiger partial charge in [0, 0.05) is 17.1 Å². The van der Waals surface area contributed by atoms with Gasteiger partial charge in [-0.25, -0.2) is 8.42 Å². The third-order valence-corrected chi connectivity index (χ3v) is 8.09. The molecule has 0 radical (unpaired) electrons. The van der Waals surface area contributed by atoms with Crippen LogP contribution in [0.5, 0.6) is 0 Å². The quantitative estimate of drug-likeness (QED) is 0.774. The molecular weight excluding hydrogens is 370 g/mol. The van der Waals surface area contributed by atoms with Crippen LogP contribution >= 0.6 is 27.3 Å². The van der Waals surface area contributed by atoms with E-state index in [1.807, 2.05) is 31.2 Å². The Morgan fingerprint density at radius 2 is 1.90 bits per heavy atom. The first-order valence-electron chi connectivity index (χ1n) is 6.79. The summed E-state index contributed by atoms with van der Waals surface area (Å²) < 4.78 is 28.5. The number of hydrogen-bond donors (Lipinski definition) is 0. The molecule has 1 fully saturated rings. The number of benzene rings is 1. The molecule has 1 aromatic heterocycles. The van der Waals surface area contributed by atoms with Crippen LogP contribution in [-0.4, -0.2) is 18.8 Å². The van der Waals surface area contributed by atoms with Gasteiger partial charge in [-0.05, 0) is 52.7 Å². The summed E-state index contributed by atoms with van der Waals surface area (Å²) in [4.78, 5) is 0. The Morgan fingerprint density at radius 3 is 2.43 bits per heavy atom. The number of halogens is 1. The first kappa shape index (κ1) is 15.2. The van der Waals surface area contributed by atoms with E-state index >= 15 is 0 Å². The highest BCUT2D eigenvalue weighted by Crippen LogP contribution is 2.37. The lowest BCUT2D eigenvalue weighted by Gasteiger charge is -2.21. The van der Waals surface area contributed by atoms with Gasteiger partial charge in [-0.3, -0.25) is 0 Å². The third-order valence-electron chi connectivity index (χ3n) is 3.54. The topological polar surface area (TPSA) is 37.4 Å². The van der Waals surface area contributed by atoms with Crippen molar-refractivity contribution in [3.8, 4) is 0 Å². The average molecular weight is 386 g/mol. The van der Waals surface area contributed by atoms with Crippen molar-refractivity contribution >= 4 is 37.3 Å². The molecule has 0 spiro atoms. The number of aryl methyl sites for hydroxylation is 1. The molecule has 3 rings (SSSR count). The van der Waals surface area contributed by atoms with E-state index in [2.05, 4.69) is 15.9 Å². The third kappa shape index (κ3) is 3.23. The zero-order valence-electron chi connectivity index (χ0n) is 11.6. The molecule has 1 aromatic carbocycles. The lowest BCUT2D eigenvalue weighted by molar-refractivity contribution is 0.399. The van der Waals surface area contributed by atoms with E-state index in [1.165, 1.54) is 16.9 Å². The summed E-state index contributed by atoms with van der Waals surface area (Å²) in [7, 11) is -3.43. The van der Waals surface area contributed by atoms with Gasteiger partial charge in [0.25, 0.3) is 10.0 Å². The normalized spacial score (nSPS) is 15.6. The molecule has 1 aliphatic carbocycles. The van der Waals surface area contributed by atoms with Gasteiger partial charge in [0.1, 0.15) is 4.21 Å². The summed E-state index contributed by atoms with van der Waals surface area (Å²) in [6, 6.07) is 9.98. The van der Waals surface area contributed by atoms with Crippen molar-refractivity contribution < 1.29 is 8.42 Å². The second-order valence-corrected chi connectivity index (χ2v) is 9.18. The van der Waals surface area contributed by atoms with Crippen molar-refractivity contribution in [2.45, 2.75) is 36.6 Å². The van der Waals surface area contributed by atoms with E-state index in [-0.39, 0.29) is 6.04 Å². The van der Waals surface area contributed by atoms with Crippen molar-refractivity contribution in [1.82, 2.24) is 4.31 Å². The molecule has 0 N–H and O–H groups in total. The lowest BCUT2D eigenvalue weighted by Crippen LogP contribution is -2.32. The molecule has 0 saturated heterocycles. The van der Waals surface area contributed by atoms with Crippen molar-refractivity contribution in [2.75, 3.05) is 0 Å². The van der Waals surface area contributed by atoms with Crippen LogP contribution in [0.15, 0.2) is 44.4 Å². The van der Waals surface area contributed by atoms with Gasteiger partial charge in [0.15, 0.2) is 0 Å². The zero-order valence-corrected chi connectivity index (χ0v) is 14.8. The first-order valence-corrected chi connectivity index (χ1v) is 9.90. The van der Waals surface area contributed by atoms with E-state index in [9.17, 15) is 8.42 Å². The minimum Gasteiger partial charge on any atom is -0.206 e. The summed E-state index contributed by atoms with van der Waals surface area (Å²) >= 11 is 4.61. The van der Waals surface area contributed by atoms with Gasteiger partial charge >= 0.3 is 0 Å². The summed E-state index contributed by atoms with van der Waals surface area (Å²) in [6.45, 7) is 2.47. The summed E-state index contributed by atoms with van der Waals surface area (Å²) in [5, 5.41) is 1.80. The maximum absolute atomic E-state index is 12.9. The van der Waals surface area contributed by atoms with E-state index in [4.69, 9.17) is 0 Å². The predicted octanol–water partition coefficient (Wildman–Crippen LogP) is 4.17. The minimum absolute atomic E-state index is 0.144. The maximum atomic E-state index is 12.9. The molecule has 1 aliphatic rings. The van der Waals surface area contributed by atoms with Crippen LogP contribution in [-0.2, 0) is 16.6 Å². The van der Waals surface area contributed by atoms with Crippen molar-refractivity contribution in [1.29, 1.82) is 0 Å². The van der Waals surface area contributed by atoms with Crippen LogP contribution in [0.3, 0.4) is 0 Å². The second-order valence-electron chi connectivity index (χ2n) is 5.32. The van der Waals surface area contributed by atoms with Crippen molar-refractivity contribution in [2.24, 2.45) is 0 Å². The molecule has 1 saturated carbocycles. The van der Waals surface area contributed by atoms with Gasteiger partial charge in [0.2, 0.25) is 0 Å². The SMILES string of the molecule is Cc1ccc(CN(C2CC2)S(=O)(=O)c2sccc2Br)cc1. The standard InChI is InChI=1S/C15H16BrNO2S2/c1-11-2-4-12(5-3-11)10-17(13-6-7-13)21(18,19)15-14(16)8-9-20-15/h2-5,8-9,13H,6-7,10H2,1H3. The molecular formula is C15H16BrNO2S2. The molecule has 112 valence electrons. The fourth-order valence-electron chi connectivity index (χ4n) is 2.22. The fraction of sp³-hybridized carbons (Fsp3) is 0.333. The number of rotatable bonds is 5. The van der Waals surface area contributed by atoms with Crippen LogP contribution in [0.1, 0.15) is 24.0 Å². The molecule has 1 heterocycles. The van der Waals surface area contributed by atoms with Crippen molar-refractivity contribution in [3.63, 3.8) is 0 Å². The molecule has 21 heavy (non-hydrogen) atoms. The molecule has 2 aromatic rings. The van der Waals surface area contributed by atoms with Gasteiger partial charge in [-0.15, -0.1) is 11.3 Å². The van der Waals surface area contributed by atoms with Crippen LogP contribution in [0.4, 0.5) is 0 Å². The highest BCUT2D eigenvalue weighted by Gasteiger charge is 2.39. The van der Waals surface area contributed by atoms with E-state index in [0.29, 0.717) is 15.2 Å². The maximum Gasteiger partial charge on any atom is 0.254 e. The Hall–Kier alpha value is -0.690. The Morgan fingerprint density at radius 1 is 1.24 bits per heavy atom. The number of nitrogens with zero attached hydrogens (tertiary/aromatic N) is 1. The van der Waals surface area contributed by atoms with Gasteiger partial charge in [0.05, 0.1) is 0 Å². The molecule has 0 amide bonds. The number of sulfonamides is 1. The smallest absolute Gasteiger partial charge is 0.206 e. The first-order chi connectivity index (χ1) is 9.98. The molecule has 3 nitrogen and oxygen atoms in total. The average Bonchev–Trinajstić information content (AvgIpc) is 3.18. The minimum atomic E-state index is -3.43. The molecule has 6 heteroatoms. The van der Waals surface area contributed by atoms with Gasteiger partial charge < -0.3 is 0 Å². The van der Waals surface area contributed by atoms with Crippen LogP contribution < -0.4 is 0 Å². The summed E-state index contributed by atoms with van der Waals surface area (Å²) in [6.07, 6.45) is 1.90. The fourth-order valence-corrected chi connectivity index (χ4v) is 6.32.